The van der Waals surface area contributed by atoms with Gasteiger partial charge in [-0.05, 0) is 26.0 Å². The molecule has 0 saturated heterocycles. The zero-order valence-corrected chi connectivity index (χ0v) is 23.5. The number of anilines is 2. The van der Waals surface area contributed by atoms with Crippen LogP contribution in [-0.2, 0) is 13.3 Å². The quantitative estimate of drug-likeness (QED) is 0.175. The number of carboxylic acid groups (broad SMARTS) is 2. The molecule has 0 aliphatic heterocycles. The highest BCUT2D eigenvalue weighted by Crippen LogP contribution is 2.09. The fourth-order valence-corrected chi connectivity index (χ4v) is 3.78. The third-order valence-electron chi connectivity index (χ3n) is 6.15. The standard InChI is InChI=1S/2C15H15N3O3.H2O/c2*1-10-8-18(7-6-13(10)16)9-17-14(19)11-4-2-3-5-12(11)15(20)21;/h2*2-8,16H,9H2,1H3,(H2,17,19,20,21);1H2. The second-order valence-corrected chi connectivity index (χ2v) is 9.19. The molecule has 2 amide bonds. The number of aromatic carboxylic acids is 2. The van der Waals surface area contributed by atoms with Gasteiger partial charge in [0, 0.05) is 56.9 Å². The summed E-state index contributed by atoms with van der Waals surface area (Å²) >= 11 is 0. The smallest absolute Gasteiger partial charge is 0.256 e. The average molecular weight is 589 g/mol. The number of nitrogens with zero attached hydrogens (tertiary/aromatic N) is 2. The second-order valence-electron chi connectivity index (χ2n) is 9.19. The van der Waals surface area contributed by atoms with Gasteiger partial charge in [0.05, 0.1) is 11.9 Å². The summed E-state index contributed by atoms with van der Waals surface area (Å²) in [5.74, 6) is -3.71. The van der Waals surface area contributed by atoms with Crippen LogP contribution in [-0.4, -0.2) is 29.2 Å². The number of pyridine rings is 2. The van der Waals surface area contributed by atoms with Gasteiger partial charge in [-0.15, -0.1) is 0 Å². The number of aromatic nitrogens is 2. The number of nitrogen functional groups attached to an aromatic ring is 2. The maximum atomic E-state index is 12.1. The number of carbonyl (C=O) groups excluding carboxylic acids is 4. The predicted molar refractivity (Wildman–Crippen MR) is 152 cm³/mol. The van der Waals surface area contributed by atoms with Gasteiger partial charge in [-0.2, -0.15) is 9.13 Å². The van der Waals surface area contributed by atoms with Gasteiger partial charge in [-0.3, -0.25) is 20.2 Å². The van der Waals surface area contributed by atoms with Gasteiger partial charge in [-0.1, -0.05) is 36.4 Å². The van der Waals surface area contributed by atoms with Crippen LogP contribution < -0.4 is 41.4 Å². The average Bonchev–Trinajstić information content (AvgIpc) is 2.98. The van der Waals surface area contributed by atoms with E-state index in [-0.39, 0.29) is 41.1 Å². The van der Waals surface area contributed by atoms with E-state index in [1.165, 1.54) is 24.3 Å². The molecule has 224 valence electrons. The van der Waals surface area contributed by atoms with Gasteiger partial charge < -0.3 is 36.7 Å². The molecule has 4 aromatic rings. The summed E-state index contributed by atoms with van der Waals surface area (Å²) in [4.78, 5) is 46.1. The third kappa shape index (κ3) is 9.09. The first-order chi connectivity index (χ1) is 20.0. The Morgan fingerprint density at radius 1 is 0.628 bits per heavy atom. The van der Waals surface area contributed by atoms with Gasteiger partial charge in [0.25, 0.3) is 11.8 Å². The Morgan fingerprint density at radius 3 is 1.26 bits per heavy atom. The molecule has 0 fully saturated rings. The summed E-state index contributed by atoms with van der Waals surface area (Å²) in [7, 11) is 0. The molecule has 13 nitrogen and oxygen atoms in total. The molecule has 0 aliphatic carbocycles. The fraction of sp³-hybridized carbons (Fsp3) is 0.133. The zero-order chi connectivity index (χ0) is 30.8. The van der Waals surface area contributed by atoms with Crippen molar-refractivity contribution in [2.24, 2.45) is 0 Å². The minimum atomic E-state index is -1.38. The lowest BCUT2D eigenvalue weighted by Crippen LogP contribution is -2.44. The second kappa shape index (κ2) is 15.3. The van der Waals surface area contributed by atoms with Gasteiger partial charge in [0.15, 0.2) is 24.8 Å². The lowest BCUT2D eigenvalue weighted by molar-refractivity contribution is -0.700. The van der Waals surface area contributed by atoms with Crippen molar-refractivity contribution in [1.82, 2.24) is 10.6 Å². The number of hydrogen-bond donors (Lipinski definition) is 4. The molecule has 2 heterocycles. The van der Waals surface area contributed by atoms with Crippen molar-refractivity contribution < 1.29 is 44.0 Å². The topological polar surface area (TPSA) is 230 Å². The number of amides is 2. The number of carbonyl (C=O) groups is 4. The molecule has 0 spiro atoms. The molecule has 0 bridgehead atoms. The molecule has 0 radical (unpaired) electrons. The van der Waals surface area contributed by atoms with E-state index < -0.39 is 23.8 Å². The summed E-state index contributed by atoms with van der Waals surface area (Å²) in [6, 6.07) is 15.3. The van der Waals surface area contributed by atoms with E-state index in [1.54, 1.807) is 70.3 Å². The van der Waals surface area contributed by atoms with Crippen LogP contribution in [0.2, 0.25) is 0 Å². The van der Waals surface area contributed by atoms with Crippen molar-refractivity contribution in [1.29, 1.82) is 0 Å². The minimum Gasteiger partial charge on any atom is -0.545 e. The van der Waals surface area contributed by atoms with Crippen LogP contribution in [0.1, 0.15) is 52.6 Å². The Balaban J connectivity index is 0.000000293. The number of nitrogens with two attached hydrogens (primary N) is 2. The van der Waals surface area contributed by atoms with Crippen LogP contribution >= 0.6 is 0 Å². The van der Waals surface area contributed by atoms with Gasteiger partial charge >= 0.3 is 0 Å². The van der Waals surface area contributed by atoms with Crippen molar-refractivity contribution in [3.63, 3.8) is 0 Å². The van der Waals surface area contributed by atoms with E-state index in [0.717, 1.165) is 11.1 Å². The third-order valence-corrected chi connectivity index (χ3v) is 6.15. The molecule has 2 aromatic heterocycles. The molecule has 0 aliphatic rings. The first-order valence-electron chi connectivity index (χ1n) is 12.7. The number of hydrogen-bond acceptors (Lipinski definition) is 8. The molecule has 43 heavy (non-hydrogen) atoms. The van der Waals surface area contributed by atoms with Crippen LogP contribution in [0.4, 0.5) is 11.4 Å². The van der Waals surface area contributed by atoms with E-state index in [1.807, 2.05) is 13.8 Å². The zero-order valence-electron chi connectivity index (χ0n) is 23.5. The molecular formula is C30H32N6O7. The summed E-state index contributed by atoms with van der Waals surface area (Å²) < 4.78 is 3.48. The predicted octanol–water partition coefficient (Wildman–Crippen LogP) is -1.59. The monoisotopic (exact) mass is 588 g/mol. The van der Waals surface area contributed by atoms with Gasteiger partial charge in [0.2, 0.25) is 13.3 Å². The molecule has 0 atom stereocenters. The molecule has 2 aromatic carbocycles. The number of nitrogens with one attached hydrogen (secondary N) is 2. The van der Waals surface area contributed by atoms with Crippen molar-refractivity contribution in [2.75, 3.05) is 11.5 Å². The Bertz CT molecular complexity index is 1520. The van der Waals surface area contributed by atoms with E-state index >= 15 is 0 Å². The summed E-state index contributed by atoms with van der Waals surface area (Å²) in [5, 5.41) is 27.2. The molecule has 4 rings (SSSR count). The van der Waals surface area contributed by atoms with Crippen molar-refractivity contribution in [3.8, 4) is 0 Å². The van der Waals surface area contributed by atoms with Crippen LogP contribution in [0, 0.1) is 13.8 Å². The van der Waals surface area contributed by atoms with Crippen LogP contribution in [0.5, 0.6) is 0 Å². The minimum absolute atomic E-state index is 0. The first kappa shape index (κ1) is 33.4. The highest BCUT2D eigenvalue weighted by molar-refractivity contribution is 6.04. The van der Waals surface area contributed by atoms with Crippen molar-refractivity contribution in [2.45, 2.75) is 27.2 Å². The highest BCUT2D eigenvalue weighted by Gasteiger charge is 2.14. The van der Waals surface area contributed by atoms with Crippen LogP contribution in [0.3, 0.4) is 0 Å². The largest absolute Gasteiger partial charge is 0.545 e. The normalized spacial score (nSPS) is 9.91. The lowest BCUT2D eigenvalue weighted by Gasteiger charge is -2.09. The molecule has 0 unspecified atom stereocenters. The SMILES string of the molecule is Cc1c[n+](CNC(=O)c2ccccc2C(=O)[O-])ccc1N.Cc1c[n+](CNC(=O)c2ccccc2C(=O)[O-])ccc1N.O. The maximum absolute atomic E-state index is 12.1. The Morgan fingerprint density at radius 2 is 0.953 bits per heavy atom. The summed E-state index contributed by atoms with van der Waals surface area (Å²) in [6.45, 7) is 4.14. The highest BCUT2D eigenvalue weighted by atomic mass is 16.4. The lowest BCUT2D eigenvalue weighted by atomic mass is 10.1. The fourth-order valence-electron chi connectivity index (χ4n) is 3.78. The number of benzene rings is 2. The van der Waals surface area contributed by atoms with Crippen molar-refractivity contribution >= 4 is 35.1 Å². The van der Waals surface area contributed by atoms with E-state index in [0.29, 0.717) is 11.4 Å². The molecule has 13 heteroatoms. The Hall–Kier alpha value is -5.82. The Kier molecular flexibility index (Phi) is 11.8. The van der Waals surface area contributed by atoms with Crippen molar-refractivity contribution in [3.05, 3.63) is 119 Å². The maximum Gasteiger partial charge on any atom is 0.256 e. The number of rotatable bonds is 8. The first-order valence-corrected chi connectivity index (χ1v) is 12.7. The van der Waals surface area contributed by atoms with E-state index in [4.69, 9.17) is 11.5 Å². The number of carboxylic acids is 2. The molecular weight excluding hydrogens is 556 g/mol. The van der Waals surface area contributed by atoms with E-state index in [9.17, 15) is 29.4 Å². The van der Waals surface area contributed by atoms with Gasteiger partial charge in [0.1, 0.15) is 0 Å². The van der Waals surface area contributed by atoms with Gasteiger partial charge in [-0.25, -0.2) is 0 Å². The summed E-state index contributed by atoms with van der Waals surface area (Å²) in [6.07, 6.45) is 7.04. The summed E-state index contributed by atoms with van der Waals surface area (Å²) in [5.41, 5.74) is 14.4. The Labute approximate surface area is 247 Å². The van der Waals surface area contributed by atoms with Crippen LogP contribution in [0.15, 0.2) is 85.5 Å². The van der Waals surface area contributed by atoms with E-state index in [2.05, 4.69) is 10.6 Å². The molecule has 0 saturated carbocycles. The number of aryl methyl sites for hydroxylation is 2. The molecule has 8 N–H and O–H groups in total. The van der Waals surface area contributed by atoms with Crippen LogP contribution in [0.25, 0.3) is 0 Å².